The van der Waals surface area contributed by atoms with Crippen LogP contribution >= 0.6 is 0 Å². The van der Waals surface area contributed by atoms with Crippen molar-refractivity contribution in [3.63, 3.8) is 0 Å². The summed E-state index contributed by atoms with van der Waals surface area (Å²) in [4.78, 5) is 28.5. The first-order valence-corrected chi connectivity index (χ1v) is 11.2. The molecule has 3 aromatic rings. The van der Waals surface area contributed by atoms with Gasteiger partial charge in [0.1, 0.15) is 17.5 Å². The van der Waals surface area contributed by atoms with Gasteiger partial charge in [-0.25, -0.2) is 0 Å². The van der Waals surface area contributed by atoms with Crippen molar-refractivity contribution < 1.29 is 19.8 Å². The van der Waals surface area contributed by atoms with E-state index >= 15 is 0 Å². The summed E-state index contributed by atoms with van der Waals surface area (Å²) in [6.45, 7) is 0.370. The Morgan fingerprint density at radius 1 is 0.848 bits per heavy atom. The third-order valence-corrected chi connectivity index (χ3v) is 5.84. The molecule has 3 N–H and O–H groups in total. The molecule has 170 valence electrons. The number of nitrogens with zero attached hydrogens (tertiary/aromatic N) is 1. The average molecular weight is 445 g/mol. The number of hydrogen-bond donors (Lipinski definition) is 3. The van der Waals surface area contributed by atoms with Gasteiger partial charge in [-0.1, -0.05) is 54.6 Å². The number of carbonyl (C=O) groups excluding carboxylic acids is 2. The lowest BCUT2D eigenvalue weighted by Crippen LogP contribution is -2.45. The van der Waals surface area contributed by atoms with Gasteiger partial charge in [0.15, 0.2) is 0 Å². The molecule has 1 aliphatic rings. The molecule has 0 saturated heterocycles. The highest BCUT2D eigenvalue weighted by Crippen LogP contribution is 2.36. The highest BCUT2D eigenvalue weighted by atomic mass is 16.3. The predicted molar refractivity (Wildman–Crippen MR) is 125 cm³/mol. The normalized spacial score (nSPS) is 13.8. The Balaban J connectivity index is 1.54. The summed E-state index contributed by atoms with van der Waals surface area (Å²) < 4.78 is 0. The number of aromatic hydroxyl groups is 2. The molecule has 6 nitrogen and oxygen atoms in total. The van der Waals surface area contributed by atoms with Gasteiger partial charge in [-0.2, -0.15) is 0 Å². The Labute approximate surface area is 193 Å². The van der Waals surface area contributed by atoms with Crippen LogP contribution in [0.4, 0.5) is 0 Å². The molecular formula is C27H28N2O4. The van der Waals surface area contributed by atoms with Crippen molar-refractivity contribution in [2.24, 2.45) is 0 Å². The van der Waals surface area contributed by atoms with Gasteiger partial charge in [0.2, 0.25) is 11.8 Å². The molecule has 33 heavy (non-hydrogen) atoms. The standard InChI is InChI=1S/C27H28N2O4/c30-23-13-6-19(7-14-23)8-17-25(32)29(22-11-12-22)26(21-9-15-24(31)16-10-21)27(33)28-18-20-4-2-1-3-5-20/h1-7,9-10,13-16,22,26,30-31H,8,11-12,17-18H2,(H,28,33). The molecule has 0 heterocycles. The van der Waals surface area contributed by atoms with Gasteiger partial charge >= 0.3 is 0 Å². The summed E-state index contributed by atoms with van der Waals surface area (Å²) in [6, 6.07) is 22.2. The van der Waals surface area contributed by atoms with E-state index in [9.17, 15) is 19.8 Å². The fourth-order valence-electron chi connectivity index (χ4n) is 3.93. The molecule has 2 amide bonds. The third kappa shape index (κ3) is 5.92. The van der Waals surface area contributed by atoms with Crippen molar-refractivity contribution in [2.75, 3.05) is 0 Å². The monoisotopic (exact) mass is 444 g/mol. The lowest BCUT2D eigenvalue weighted by atomic mass is 10.0. The number of benzene rings is 3. The van der Waals surface area contributed by atoms with Crippen molar-refractivity contribution in [3.05, 3.63) is 95.6 Å². The van der Waals surface area contributed by atoms with Crippen molar-refractivity contribution in [1.82, 2.24) is 10.2 Å². The highest BCUT2D eigenvalue weighted by molar-refractivity contribution is 5.89. The van der Waals surface area contributed by atoms with E-state index in [0.29, 0.717) is 18.5 Å². The number of aryl methyl sites for hydroxylation is 1. The maximum absolute atomic E-state index is 13.4. The van der Waals surface area contributed by atoms with Gasteiger partial charge in [0, 0.05) is 19.0 Å². The molecule has 0 radical (unpaired) electrons. The minimum absolute atomic E-state index is 0.0265. The number of rotatable bonds is 9. The Bertz CT molecular complexity index is 1080. The van der Waals surface area contributed by atoms with E-state index in [-0.39, 0.29) is 35.8 Å². The molecule has 3 aromatic carbocycles. The van der Waals surface area contributed by atoms with Crippen LogP contribution in [0.2, 0.25) is 0 Å². The molecule has 0 aliphatic heterocycles. The fourth-order valence-corrected chi connectivity index (χ4v) is 3.93. The second-order valence-electron chi connectivity index (χ2n) is 8.40. The number of phenols is 2. The van der Waals surface area contributed by atoms with E-state index in [0.717, 1.165) is 24.0 Å². The van der Waals surface area contributed by atoms with Crippen molar-refractivity contribution >= 4 is 11.8 Å². The Morgan fingerprint density at radius 2 is 1.45 bits per heavy atom. The zero-order valence-electron chi connectivity index (χ0n) is 18.4. The molecule has 1 atom stereocenters. The van der Waals surface area contributed by atoms with Gasteiger partial charge in [0.05, 0.1) is 0 Å². The second-order valence-corrected chi connectivity index (χ2v) is 8.40. The minimum Gasteiger partial charge on any atom is -0.508 e. The van der Waals surface area contributed by atoms with E-state index < -0.39 is 6.04 Å². The van der Waals surface area contributed by atoms with Crippen LogP contribution in [-0.2, 0) is 22.6 Å². The summed E-state index contributed by atoms with van der Waals surface area (Å²) in [7, 11) is 0. The molecule has 0 spiro atoms. The zero-order valence-corrected chi connectivity index (χ0v) is 18.4. The zero-order chi connectivity index (χ0) is 23.2. The Hall–Kier alpha value is -3.80. The van der Waals surface area contributed by atoms with Gasteiger partial charge < -0.3 is 20.4 Å². The number of hydrogen-bond acceptors (Lipinski definition) is 4. The van der Waals surface area contributed by atoms with Crippen LogP contribution in [-0.4, -0.2) is 33.0 Å². The summed E-state index contributed by atoms with van der Waals surface area (Å²) in [5.41, 5.74) is 2.60. The number of phenolic OH excluding ortho intramolecular Hbond substituents is 2. The van der Waals surface area contributed by atoms with Crippen molar-refractivity contribution in [2.45, 2.75) is 44.3 Å². The largest absolute Gasteiger partial charge is 0.508 e. The molecule has 1 saturated carbocycles. The van der Waals surface area contributed by atoms with E-state index in [1.54, 1.807) is 53.4 Å². The summed E-state index contributed by atoms with van der Waals surface area (Å²) >= 11 is 0. The third-order valence-electron chi connectivity index (χ3n) is 5.84. The average Bonchev–Trinajstić information content (AvgIpc) is 3.67. The van der Waals surface area contributed by atoms with Gasteiger partial charge in [-0.15, -0.1) is 0 Å². The van der Waals surface area contributed by atoms with E-state index in [2.05, 4.69) is 5.32 Å². The number of carbonyl (C=O) groups is 2. The summed E-state index contributed by atoms with van der Waals surface area (Å²) in [5, 5.41) is 22.2. The first kappa shape index (κ1) is 22.4. The van der Waals surface area contributed by atoms with Crippen LogP contribution in [0.5, 0.6) is 11.5 Å². The van der Waals surface area contributed by atoms with Crippen LogP contribution in [0.25, 0.3) is 0 Å². The van der Waals surface area contributed by atoms with E-state index in [1.165, 1.54) is 0 Å². The number of nitrogens with one attached hydrogen (secondary N) is 1. The van der Waals surface area contributed by atoms with Crippen LogP contribution in [0.1, 0.15) is 42.0 Å². The van der Waals surface area contributed by atoms with Crippen LogP contribution in [0, 0.1) is 0 Å². The summed E-state index contributed by atoms with van der Waals surface area (Å²) in [5.74, 6) is -0.0288. The second kappa shape index (κ2) is 10.2. The molecule has 0 bridgehead atoms. The molecule has 1 aliphatic carbocycles. The smallest absolute Gasteiger partial charge is 0.247 e. The molecule has 1 unspecified atom stereocenters. The Morgan fingerprint density at radius 3 is 2.06 bits per heavy atom. The molecule has 4 rings (SSSR count). The van der Waals surface area contributed by atoms with Crippen molar-refractivity contribution in [3.8, 4) is 11.5 Å². The predicted octanol–water partition coefficient (Wildman–Crippen LogP) is 4.08. The summed E-state index contributed by atoms with van der Waals surface area (Å²) in [6.07, 6.45) is 2.52. The fraction of sp³-hybridized carbons (Fsp3) is 0.259. The van der Waals surface area contributed by atoms with Gasteiger partial charge in [-0.3, -0.25) is 9.59 Å². The molecule has 6 heteroatoms. The highest BCUT2D eigenvalue weighted by Gasteiger charge is 2.40. The molecule has 1 fully saturated rings. The lowest BCUT2D eigenvalue weighted by molar-refractivity contribution is -0.141. The van der Waals surface area contributed by atoms with Gasteiger partial charge in [0.25, 0.3) is 0 Å². The van der Waals surface area contributed by atoms with Crippen molar-refractivity contribution in [1.29, 1.82) is 0 Å². The minimum atomic E-state index is -0.769. The topological polar surface area (TPSA) is 89.9 Å². The van der Waals surface area contributed by atoms with Crippen LogP contribution in [0.3, 0.4) is 0 Å². The quantitative estimate of drug-likeness (QED) is 0.464. The maximum Gasteiger partial charge on any atom is 0.247 e. The van der Waals surface area contributed by atoms with E-state index in [1.807, 2.05) is 30.3 Å². The molecule has 0 aromatic heterocycles. The first-order chi connectivity index (χ1) is 16.0. The SMILES string of the molecule is O=C(NCc1ccccc1)C(c1ccc(O)cc1)N(C(=O)CCc1ccc(O)cc1)C1CC1. The first-order valence-electron chi connectivity index (χ1n) is 11.2. The van der Waals surface area contributed by atoms with E-state index in [4.69, 9.17) is 0 Å². The lowest BCUT2D eigenvalue weighted by Gasteiger charge is -2.32. The molecular weight excluding hydrogens is 416 g/mol. The maximum atomic E-state index is 13.4. The Kier molecular flexibility index (Phi) is 6.93. The number of amides is 2. The van der Waals surface area contributed by atoms with Crippen LogP contribution < -0.4 is 5.32 Å². The van der Waals surface area contributed by atoms with Gasteiger partial charge in [-0.05, 0) is 60.2 Å². The van der Waals surface area contributed by atoms with Crippen LogP contribution in [0.15, 0.2) is 78.9 Å².